The van der Waals surface area contributed by atoms with Gasteiger partial charge in [0.25, 0.3) is 5.91 Å². The van der Waals surface area contributed by atoms with Crippen molar-refractivity contribution in [3.05, 3.63) is 77.6 Å². The van der Waals surface area contributed by atoms with Crippen LogP contribution in [-0.2, 0) is 11.0 Å². The second-order valence-corrected chi connectivity index (χ2v) is 8.83. The van der Waals surface area contributed by atoms with Crippen LogP contribution >= 0.6 is 12.2 Å². The van der Waals surface area contributed by atoms with Gasteiger partial charge in [-0.1, -0.05) is 32.0 Å². The van der Waals surface area contributed by atoms with Crippen LogP contribution in [0.3, 0.4) is 0 Å². The number of thiocarbonyl (C=S) groups is 1. The van der Waals surface area contributed by atoms with Gasteiger partial charge < -0.3 is 9.74 Å². The molecule has 198 valence electrons. The molecule has 38 heavy (non-hydrogen) atoms. The number of nitriles is 1. The summed E-state index contributed by atoms with van der Waals surface area (Å²) in [6, 6.07) is 15.3. The first kappa shape index (κ1) is 28.6. The summed E-state index contributed by atoms with van der Waals surface area (Å²) in [5.41, 5.74) is -2.18. The smallest absolute Gasteiger partial charge is 0.412 e. The van der Waals surface area contributed by atoms with Crippen molar-refractivity contribution in [1.29, 1.82) is 5.26 Å². The summed E-state index contributed by atoms with van der Waals surface area (Å²) >= 11 is 5.46. The molecule has 0 radical (unpaired) electrons. The van der Waals surface area contributed by atoms with E-state index in [1.165, 1.54) is 43.0 Å². The second kappa shape index (κ2) is 10.8. The molecule has 0 aromatic heterocycles. The topological polar surface area (TPSA) is 82.6 Å². The first-order valence-corrected chi connectivity index (χ1v) is 11.9. The molecule has 0 spiro atoms. The van der Waals surface area contributed by atoms with E-state index >= 15 is 4.39 Å². The highest BCUT2D eigenvalue weighted by Gasteiger charge is 2.51. The normalized spacial score (nSPS) is 14.6. The lowest BCUT2D eigenvalue weighted by molar-refractivity contribution is -0.137. The Morgan fingerprint density at radius 2 is 1.61 bits per heavy atom. The van der Waals surface area contributed by atoms with E-state index in [2.05, 4.69) is 4.84 Å². The monoisotopic (exact) mass is 544 g/mol. The molecule has 1 amide bonds. The van der Waals surface area contributed by atoms with Crippen molar-refractivity contribution in [2.45, 2.75) is 39.4 Å². The van der Waals surface area contributed by atoms with E-state index in [-0.39, 0.29) is 16.5 Å². The number of nitrogens with two attached hydrogens (primary N) is 1. The van der Waals surface area contributed by atoms with E-state index in [1.807, 2.05) is 13.8 Å². The van der Waals surface area contributed by atoms with Gasteiger partial charge in [0, 0.05) is 0 Å². The highest BCUT2D eigenvalue weighted by atomic mass is 32.1. The average Bonchev–Trinajstić information content (AvgIpc) is 3.07. The maximum absolute atomic E-state index is 15.4. The van der Waals surface area contributed by atoms with Gasteiger partial charge in [-0.3, -0.25) is 9.69 Å². The van der Waals surface area contributed by atoms with E-state index in [4.69, 9.17) is 23.4 Å². The van der Waals surface area contributed by atoms with Crippen LogP contribution in [0.1, 0.15) is 38.8 Å². The van der Waals surface area contributed by atoms with Gasteiger partial charge in [0.1, 0.15) is 17.1 Å². The molecular weight excluding hydrogens is 520 g/mol. The molecule has 1 aliphatic heterocycles. The lowest BCUT2D eigenvalue weighted by Gasteiger charge is -2.30. The fraction of sp³-hybridized carbons (Fsp3) is 0.222. The SMILES string of the molecule is CC.CC1(C)C(=O)N(c2ccc(C#N)c(C(F)(F)F)c2)C(=S)N1c1ccc(-c2ccc(ON)cc2)cc1F. The third kappa shape index (κ3) is 5.05. The zero-order valence-electron chi connectivity index (χ0n) is 20.9. The molecule has 0 unspecified atom stereocenters. The number of amides is 1. The second-order valence-electron chi connectivity index (χ2n) is 8.47. The first-order chi connectivity index (χ1) is 17.9. The number of carbonyl (C=O) groups excluding carboxylic acids is 1. The summed E-state index contributed by atoms with van der Waals surface area (Å²) in [6.07, 6.45) is -4.82. The minimum absolute atomic E-state index is 0.0174. The van der Waals surface area contributed by atoms with Gasteiger partial charge in [-0.05, 0) is 79.7 Å². The predicted molar refractivity (Wildman–Crippen MR) is 141 cm³/mol. The van der Waals surface area contributed by atoms with Crippen LogP contribution in [0.4, 0.5) is 28.9 Å². The van der Waals surface area contributed by atoms with Gasteiger partial charge in [-0.15, -0.1) is 0 Å². The van der Waals surface area contributed by atoms with Crippen molar-refractivity contribution < 1.29 is 27.2 Å². The zero-order valence-corrected chi connectivity index (χ0v) is 21.7. The van der Waals surface area contributed by atoms with Crippen molar-refractivity contribution in [2.24, 2.45) is 5.90 Å². The van der Waals surface area contributed by atoms with E-state index in [0.29, 0.717) is 22.9 Å². The number of carbonyl (C=O) groups is 1. The highest BCUT2D eigenvalue weighted by molar-refractivity contribution is 7.81. The Hall–Kier alpha value is -4.01. The molecule has 1 heterocycles. The summed E-state index contributed by atoms with van der Waals surface area (Å²) in [5, 5.41) is 8.86. The number of nitrogens with zero attached hydrogens (tertiary/aromatic N) is 3. The molecule has 6 nitrogen and oxygen atoms in total. The molecule has 0 atom stereocenters. The third-order valence-corrected chi connectivity index (χ3v) is 6.23. The van der Waals surface area contributed by atoms with Gasteiger partial charge in [0.15, 0.2) is 5.11 Å². The van der Waals surface area contributed by atoms with Crippen molar-refractivity contribution in [3.8, 4) is 22.9 Å². The standard InChI is InChI=1S/C25H18F4N4O2S.C2H6/c1-24(2)22(34)32(17-7-3-16(13-30)19(12-17)25(27,28)29)23(36)33(24)21-10-6-15(11-20(21)26)14-4-8-18(35-31)9-5-14;1-2/h3-12H,31H2,1-2H3;1-2H3. The van der Waals surface area contributed by atoms with Crippen molar-refractivity contribution in [1.82, 2.24) is 0 Å². The van der Waals surface area contributed by atoms with E-state index in [1.54, 1.807) is 30.3 Å². The van der Waals surface area contributed by atoms with E-state index in [9.17, 15) is 18.0 Å². The minimum atomic E-state index is -4.82. The van der Waals surface area contributed by atoms with Crippen molar-refractivity contribution in [2.75, 3.05) is 9.80 Å². The Morgan fingerprint density at radius 1 is 1.00 bits per heavy atom. The van der Waals surface area contributed by atoms with E-state index in [0.717, 1.165) is 11.0 Å². The minimum Gasteiger partial charge on any atom is -0.412 e. The lowest BCUT2D eigenvalue weighted by atomic mass is 10.0. The number of hydrogen-bond donors (Lipinski definition) is 1. The molecule has 3 aromatic carbocycles. The van der Waals surface area contributed by atoms with Gasteiger partial charge in [0.2, 0.25) is 0 Å². The van der Waals surface area contributed by atoms with Crippen LogP contribution in [0.25, 0.3) is 11.1 Å². The Balaban J connectivity index is 0.00000195. The Morgan fingerprint density at radius 3 is 2.13 bits per heavy atom. The molecule has 1 fully saturated rings. The highest BCUT2D eigenvalue weighted by Crippen LogP contribution is 2.41. The Labute approximate surface area is 222 Å². The number of halogens is 4. The van der Waals surface area contributed by atoms with Crippen LogP contribution in [0.5, 0.6) is 5.75 Å². The molecule has 1 saturated heterocycles. The van der Waals surface area contributed by atoms with Crippen molar-refractivity contribution >= 4 is 34.6 Å². The van der Waals surface area contributed by atoms with Gasteiger partial charge >= 0.3 is 6.18 Å². The molecule has 3 aromatic rings. The van der Waals surface area contributed by atoms with Gasteiger partial charge in [-0.2, -0.15) is 24.3 Å². The number of anilines is 2. The molecule has 0 saturated carbocycles. The average molecular weight is 545 g/mol. The molecule has 1 aliphatic rings. The molecular formula is C27H24F4N4O2S. The summed E-state index contributed by atoms with van der Waals surface area (Å²) in [5.74, 6) is 4.21. The number of alkyl halides is 3. The van der Waals surface area contributed by atoms with E-state index < -0.39 is 34.6 Å². The van der Waals surface area contributed by atoms with Crippen molar-refractivity contribution in [3.63, 3.8) is 0 Å². The van der Waals surface area contributed by atoms with Gasteiger partial charge in [0.05, 0.1) is 28.6 Å². The number of rotatable bonds is 4. The third-order valence-electron chi connectivity index (χ3n) is 5.87. The summed E-state index contributed by atoms with van der Waals surface area (Å²) in [7, 11) is 0. The fourth-order valence-corrected chi connectivity index (χ4v) is 4.54. The molecule has 0 bridgehead atoms. The van der Waals surface area contributed by atoms with Crippen LogP contribution in [0, 0.1) is 17.1 Å². The van der Waals surface area contributed by atoms with Crippen LogP contribution in [0.15, 0.2) is 60.7 Å². The van der Waals surface area contributed by atoms with Crippen LogP contribution in [-0.4, -0.2) is 16.6 Å². The number of benzene rings is 3. The Bertz CT molecular complexity index is 1420. The van der Waals surface area contributed by atoms with Crippen LogP contribution in [0.2, 0.25) is 0 Å². The summed E-state index contributed by atoms with van der Waals surface area (Å²) in [6.45, 7) is 6.99. The Kier molecular flexibility index (Phi) is 8.09. The maximum atomic E-state index is 15.4. The molecule has 0 aliphatic carbocycles. The van der Waals surface area contributed by atoms with Crippen LogP contribution < -0.4 is 20.5 Å². The number of hydrogen-bond acceptors (Lipinski definition) is 5. The summed E-state index contributed by atoms with van der Waals surface area (Å²) < 4.78 is 55.9. The molecule has 4 rings (SSSR count). The first-order valence-electron chi connectivity index (χ1n) is 11.5. The molecule has 2 N–H and O–H groups in total. The zero-order chi connectivity index (χ0) is 28.4. The quantitative estimate of drug-likeness (QED) is 0.227. The summed E-state index contributed by atoms with van der Waals surface area (Å²) in [4.78, 5) is 20.1. The van der Waals surface area contributed by atoms with Gasteiger partial charge in [-0.25, -0.2) is 4.39 Å². The fourth-order valence-electron chi connectivity index (χ4n) is 4.02. The lowest BCUT2D eigenvalue weighted by Crippen LogP contribution is -2.44. The largest absolute Gasteiger partial charge is 0.417 e. The predicted octanol–water partition coefficient (Wildman–Crippen LogP) is 6.58. The maximum Gasteiger partial charge on any atom is 0.417 e. The molecule has 11 heteroatoms.